The van der Waals surface area contributed by atoms with Crippen LogP contribution in [0.2, 0.25) is 0 Å². The van der Waals surface area contributed by atoms with Crippen molar-refractivity contribution in [3.05, 3.63) is 23.7 Å². The molecule has 0 unspecified atom stereocenters. The molecule has 0 amide bonds. The molecule has 1 saturated heterocycles. The highest BCUT2D eigenvalue weighted by Gasteiger charge is 2.54. The summed E-state index contributed by atoms with van der Waals surface area (Å²) in [6.45, 7) is 11.6. The Morgan fingerprint density at radius 2 is 1.97 bits per heavy atom. The van der Waals surface area contributed by atoms with E-state index in [1.54, 1.807) is 17.5 Å². The van der Waals surface area contributed by atoms with Crippen LogP contribution < -0.4 is 10.6 Å². The van der Waals surface area contributed by atoms with Crippen molar-refractivity contribution in [3.63, 3.8) is 0 Å². The quantitative estimate of drug-likeness (QED) is 0.365. The third-order valence-electron chi connectivity index (χ3n) is 6.67. The Bertz CT molecular complexity index is 1230. The number of fused-ring (bicyclic) bond motifs is 2. The van der Waals surface area contributed by atoms with Crippen LogP contribution in [0.5, 0.6) is 0 Å². The largest absolute Gasteiger partial charge is 0.396 e. The van der Waals surface area contributed by atoms with Gasteiger partial charge in [-0.15, -0.1) is 11.3 Å². The highest BCUT2D eigenvalue weighted by Crippen LogP contribution is 2.44. The van der Waals surface area contributed by atoms with Crippen LogP contribution in [0.25, 0.3) is 20.8 Å². The molecule has 1 aliphatic carbocycles. The highest BCUT2D eigenvalue weighted by atomic mass is 32.1. The van der Waals surface area contributed by atoms with Gasteiger partial charge in [-0.05, 0) is 47.1 Å². The molecule has 0 aromatic carbocycles. The fourth-order valence-electron chi connectivity index (χ4n) is 5.06. The number of anilines is 2. The summed E-state index contributed by atoms with van der Waals surface area (Å²) in [5, 5.41) is 17.7. The van der Waals surface area contributed by atoms with Gasteiger partial charge < -0.3 is 30.0 Å². The zero-order valence-electron chi connectivity index (χ0n) is 21.4. The van der Waals surface area contributed by atoms with Gasteiger partial charge in [0.15, 0.2) is 5.79 Å². The van der Waals surface area contributed by atoms with Crippen LogP contribution in [0.3, 0.4) is 0 Å². The van der Waals surface area contributed by atoms with E-state index in [1.165, 1.54) is 0 Å². The molecule has 3 aromatic rings. The lowest BCUT2D eigenvalue weighted by molar-refractivity contribution is -0.158. The standard InChI is InChI=1S/C25H34N6O4S/c1-6-33-10-9-27-24-28-13(2)18(23-30-19-14(3)26-8-7-17(19)36-23)22(31-24)29-16-11-15(12-32)20-21(16)35-25(4,5)34-20/h7-8,15-16,20-21,32H,6,9-12H2,1-5H3,(H2,27,28,29,31)/t15-,16-,20-,21+/m1/s1. The zero-order valence-corrected chi connectivity index (χ0v) is 22.2. The van der Waals surface area contributed by atoms with E-state index in [0.717, 1.165) is 32.2 Å². The molecule has 0 bridgehead atoms. The summed E-state index contributed by atoms with van der Waals surface area (Å²) in [4.78, 5) is 18.9. The van der Waals surface area contributed by atoms with Crippen LogP contribution in [-0.4, -0.2) is 75.4 Å². The van der Waals surface area contributed by atoms with Gasteiger partial charge in [-0.25, -0.2) is 9.97 Å². The fourth-order valence-corrected chi connectivity index (χ4v) is 6.17. The first kappa shape index (κ1) is 25.2. The number of pyridine rings is 1. The lowest BCUT2D eigenvalue weighted by atomic mass is 10.1. The van der Waals surface area contributed by atoms with Gasteiger partial charge in [-0.1, -0.05) is 0 Å². The van der Waals surface area contributed by atoms with E-state index in [-0.39, 0.29) is 30.8 Å². The minimum absolute atomic E-state index is 0.0133. The molecule has 2 fully saturated rings. The van der Waals surface area contributed by atoms with Gasteiger partial charge in [0.25, 0.3) is 0 Å². The maximum Gasteiger partial charge on any atom is 0.224 e. The van der Waals surface area contributed by atoms with Crippen LogP contribution in [-0.2, 0) is 14.2 Å². The Morgan fingerprint density at radius 1 is 1.17 bits per heavy atom. The minimum atomic E-state index is -0.697. The van der Waals surface area contributed by atoms with Crippen molar-refractivity contribution in [3.8, 4) is 10.6 Å². The van der Waals surface area contributed by atoms with Gasteiger partial charge in [0.1, 0.15) is 22.4 Å². The van der Waals surface area contributed by atoms with Crippen molar-refractivity contribution in [2.24, 2.45) is 5.92 Å². The van der Waals surface area contributed by atoms with Gasteiger partial charge in [-0.2, -0.15) is 4.98 Å². The summed E-state index contributed by atoms with van der Waals surface area (Å²) in [5.74, 6) is 0.494. The van der Waals surface area contributed by atoms with E-state index in [4.69, 9.17) is 29.2 Å². The van der Waals surface area contributed by atoms with Crippen molar-refractivity contribution < 1.29 is 19.3 Å². The molecule has 3 aromatic heterocycles. The fraction of sp³-hybridized carbons (Fsp3) is 0.600. The summed E-state index contributed by atoms with van der Waals surface area (Å²) >= 11 is 1.60. The first-order chi connectivity index (χ1) is 17.3. The average Bonchev–Trinajstić information content (AvgIpc) is 3.48. The molecule has 4 atom stereocenters. The Kier molecular flexibility index (Phi) is 7.10. The van der Waals surface area contributed by atoms with Crippen molar-refractivity contribution in [1.82, 2.24) is 19.9 Å². The van der Waals surface area contributed by atoms with E-state index in [9.17, 15) is 5.11 Å². The van der Waals surface area contributed by atoms with Crippen molar-refractivity contribution in [2.75, 3.05) is 37.0 Å². The summed E-state index contributed by atoms with van der Waals surface area (Å²) < 4.78 is 18.9. The van der Waals surface area contributed by atoms with E-state index in [1.807, 2.05) is 40.7 Å². The van der Waals surface area contributed by atoms with E-state index in [2.05, 4.69) is 15.6 Å². The molecule has 11 heteroatoms. The molecule has 0 spiro atoms. The third-order valence-corrected chi connectivity index (χ3v) is 7.70. The predicted molar refractivity (Wildman–Crippen MR) is 139 cm³/mol. The number of aliphatic hydroxyl groups is 1. The van der Waals surface area contributed by atoms with Crippen LogP contribution >= 0.6 is 11.3 Å². The molecule has 2 aliphatic rings. The molecule has 36 heavy (non-hydrogen) atoms. The van der Waals surface area contributed by atoms with Crippen LogP contribution in [0.1, 0.15) is 38.6 Å². The van der Waals surface area contributed by atoms with Crippen molar-refractivity contribution in [2.45, 2.75) is 65.1 Å². The molecule has 194 valence electrons. The van der Waals surface area contributed by atoms with Crippen LogP contribution in [0.4, 0.5) is 11.8 Å². The van der Waals surface area contributed by atoms with E-state index in [0.29, 0.717) is 37.9 Å². The summed E-state index contributed by atoms with van der Waals surface area (Å²) in [6.07, 6.45) is 2.14. The molecule has 3 N–H and O–H groups in total. The van der Waals surface area contributed by atoms with E-state index < -0.39 is 5.79 Å². The molecular formula is C25H34N6O4S. The number of nitrogens with one attached hydrogen (secondary N) is 2. The molecule has 1 saturated carbocycles. The number of aromatic nitrogens is 4. The third kappa shape index (κ3) is 4.90. The van der Waals surface area contributed by atoms with Crippen molar-refractivity contribution in [1.29, 1.82) is 0 Å². The normalized spacial score (nSPS) is 24.8. The first-order valence-electron chi connectivity index (χ1n) is 12.5. The minimum Gasteiger partial charge on any atom is -0.396 e. The van der Waals surface area contributed by atoms with Gasteiger partial charge in [0.2, 0.25) is 5.95 Å². The van der Waals surface area contributed by atoms with Crippen LogP contribution in [0.15, 0.2) is 12.3 Å². The van der Waals surface area contributed by atoms with Gasteiger partial charge >= 0.3 is 0 Å². The lowest BCUT2D eigenvalue weighted by Gasteiger charge is -2.25. The molecule has 10 nitrogen and oxygen atoms in total. The maximum absolute atomic E-state index is 10.0. The number of ether oxygens (including phenoxy) is 3. The van der Waals surface area contributed by atoms with E-state index >= 15 is 0 Å². The topological polar surface area (TPSA) is 124 Å². The van der Waals surface area contributed by atoms with Crippen LogP contribution in [0, 0.1) is 19.8 Å². The second kappa shape index (κ2) is 10.1. The molecule has 5 rings (SSSR count). The number of aryl methyl sites for hydroxylation is 2. The number of hydrogen-bond donors (Lipinski definition) is 3. The number of rotatable bonds is 9. The number of aliphatic hydroxyl groups excluding tert-OH is 1. The van der Waals surface area contributed by atoms with Crippen molar-refractivity contribution >= 4 is 33.3 Å². The van der Waals surface area contributed by atoms with Gasteiger partial charge in [-0.3, -0.25) is 4.98 Å². The monoisotopic (exact) mass is 514 g/mol. The second-order valence-electron chi connectivity index (χ2n) is 9.74. The highest BCUT2D eigenvalue weighted by molar-refractivity contribution is 7.21. The average molecular weight is 515 g/mol. The smallest absolute Gasteiger partial charge is 0.224 e. The first-order valence-corrected chi connectivity index (χ1v) is 13.3. The van der Waals surface area contributed by atoms with Gasteiger partial charge in [0.05, 0.1) is 40.4 Å². The number of hydrogen-bond acceptors (Lipinski definition) is 11. The SMILES string of the molecule is CCOCCNc1nc(C)c(-c2nc3c(C)nccc3s2)c(N[C@@H]2C[C@H](CO)[C@H]3OC(C)(C)O[C@H]32)n1. The molecule has 1 aliphatic heterocycles. The Balaban J connectivity index is 1.52. The molecular weight excluding hydrogens is 480 g/mol. The summed E-state index contributed by atoms with van der Waals surface area (Å²) in [6, 6.07) is 1.89. The molecule has 4 heterocycles. The summed E-state index contributed by atoms with van der Waals surface area (Å²) in [5.41, 5.74) is 3.44. The summed E-state index contributed by atoms with van der Waals surface area (Å²) in [7, 11) is 0. The Hall–Kier alpha value is -2.44. The molecule has 0 radical (unpaired) electrons. The Morgan fingerprint density at radius 3 is 2.72 bits per heavy atom. The van der Waals surface area contributed by atoms with Gasteiger partial charge in [0, 0.05) is 31.9 Å². The Labute approximate surface area is 214 Å². The predicted octanol–water partition coefficient (Wildman–Crippen LogP) is 3.53. The number of nitrogens with zero attached hydrogens (tertiary/aromatic N) is 4. The lowest BCUT2D eigenvalue weighted by Crippen LogP contribution is -2.35. The maximum atomic E-state index is 10.0. The number of thiazole rings is 1. The zero-order chi connectivity index (χ0) is 25.4. The second-order valence-corrected chi connectivity index (χ2v) is 10.8.